The normalized spacial score (nSPS) is 12.2. The summed E-state index contributed by atoms with van der Waals surface area (Å²) in [5.74, 6) is -1.69. The molecule has 0 aliphatic rings. The fourth-order valence-electron chi connectivity index (χ4n) is 1.15. The van der Waals surface area contributed by atoms with Crippen molar-refractivity contribution < 1.29 is 23.8 Å². The Morgan fingerprint density at radius 3 is 2.88 bits per heavy atom. The monoisotopic (exact) mass is 306 g/mol. The van der Waals surface area contributed by atoms with E-state index >= 15 is 0 Å². The molecule has 0 aromatic heterocycles. The maximum atomic E-state index is 13.3. The summed E-state index contributed by atoms with van der Waals surface area (Å²) in [5.41, 5.74) is 0. The van der Waals surface area contributed by atoms with Gasteiger partial charge in [-0.15, -0.1) is 0 Å². The Kier molecular flexibility index (Phi) is 5.37. The second-order valence-electron chi connectivity index (χ2n) is 3.17. The molecule has 1 N–H and O–H groups in total. The van der Waals surface area contributed by atoms with Crippen molar-refractivity contribution >= 4 is 21.9 Å². The van der Waals surface area contributed by atoms with E-state index in [0.29, 0.717) is 4.47 Å². The fourth-order valence-corrected chi connectivity index (χ4v) is 1.49. The van der Waals surface area contributed by atoms with Crippen LogP contribution in [0.15, 0.2) is 22.7 Å². The Bertz CT molecular complexity index is 397. The molecule has 0 aliphatic carbocycles. The number of aliphatic carboxylic acids is 1. The Morgan fingerprint density at radius 2 is 2.29 bits per heavy atom. The van der Waals surface area contributed by atoms with E-state index < -0.39 is 17.9 Å². The van der Waals surface area contributed by atoms with Crippen molar-refractivity contribution in [3.8, 4) is 5.75 Å². The number of carboxylic acid groups (broad SMARTS) is 1. The lowest BCUT2D eigenvalue weighted by Gasteiger charge is -2.14. The minimum Gasteiger partial charge on any atom is -0.487 e. The first-order valence-corrected chi connectivity index (χ1v) is 5.76. The lowest BCUT2D eigenvalue weighted by atomic mass is 10.3. The highest BCUT2D eigenvalue weighted by Gasteiger charge is 2.19. The number of hydrogen-bond donors (Lipinski definition) is 1. The molecule has 6 heteroatoms. The molecule has 0 radical (unpaired) electrons. The molecule has 0 fully saturated rings. The van der Waals surface area contributed by atoms with E-state index in [-0.39, 0.29) is 19.0 Å². The Hall–Kier alpha value is -1.14. The molecule has 1 aromatic rings. The van der Waals surface area contributed by atoms with Crippen LogP contribution in [0.1, 0.15) is 6.92 Å². The molecule has 0 saturated carbocycles. The van der Waals surface area contributed by atoms with Gasteiger partial charge in [0.25, 0.3) is 0 Å². The van der Waals surface area contributed by atoms with Crippen molar-refractivity contribution in [3.05, 3.63) is 28.5 Å². The molecule has 1 aromatic carbocycles. The summed E-state index contributed by atoms with van der Waals surface area (Å²) in [5, 5.41) is 8.80. The highest BCUT2D eigenvalue weighted by atomic mass is 79.9. The van der Waals surface area contributed by atoms with Crippen molar-refractivity contribution in [1.29, 1.82) is 0 Å². The van der Waals surface area contributed by atoms with E-state index in [1.807, 2.05) is 0 Å². The summed E-state index contributed by atoms with van der Waals surface area (Å²) >= 11 is 3.17. The van der Waals surface area contributed by atoms with Gasteiger partial charge in [-0.1, -0.05) is 15.9 Å². The van der Waals surface area contributed by atoms with Gasteiger partial charge in [-0.3, -0.25) is 0 Å². The molecule has 1 unspecified atom stereocenters. The number of hydrogen-bond acceptors (Lipinski definition) is 3. The average Bonchev–Trinajstić information content (AvgIpc) is 2.28. The maximum Gasteiger partial charge on any atom is 0.336 e. The minimum atomic E-state index is -1.14. The predicted molar refractivity (Wildman–Crippen MR) is 62.6 cm³/mol. The third kappa shape index (κ3) is 4.32. The summed E-state index contributed by atoms with van der Waals surface area (Å²) < 4.78 is 23.9. The summed E-state index contributed by atoms with van der Waals surface area (Å²) in [4.78, 5) is 10.8. The van der Waals surface area contributed by atoms with E-state index in [0.717, 1.165) is 0 Å². The van der Waals surface area contributed by atoms with Crippen molar-refractivity contribution in [1.82, 2.24) is 0 Å². The van der Waals surface area contributed by atoms with E-state index in [9.17, 15) is 9.18 Å². The van der Waals surface area contributed by atoms with Gasteiger partial charge in [-0.2, -0.15) is 0 Å². The molecule has 1 rings (SSSR count). The van der Waals surface area contributed by atoms with Crippen LogP contribution in [-0.4, -0.2) is 30.4 Å². The van der Waals surface area contributed by atoms with Crippen molar-refractivity contribution in [2.45, 2.75) is 13.0 Å². The summed E-state index contributed by atoms with van der Waals surface area (Å²) in [7, 11) is 0. The summed E-state index contributed by atoms with van der Waals surface area (Å²) in [6.07, 6.45) is -1.10. The van der Waals surface area contributed by atoms with Crippen molar-refractivity contribution in [3.63, 3.8) is 0 Å². The Labute approximate surface area is 106 Å². The SMILES string of the molecule is CCOC(COc1cc(Br)ccc1F)C(=O)O. The van der Waals surface area contributed by atoms with Crippen LogP contribution in [0, 0.1) is 5.82 Å². The summed E-state index contributed by atoms with van der Waals surface area (Å²) in [6, 6.07) is 4.19. The van der Waals surface area contributed by atoms with Crippen LogP contribution in [0.2, 0.25) is 0 Å². The third-order valence-electron chi connectivity index (χ3n) is 1.93. The number of rotatable bonds is 6. The van der Waals surface area contributed by atoms with Crippen LogP contribution in [0.25, 0.3) is 0 Å². The zero-order valence-corrected chi connectivity index (χ0v) is 10.7. The number of carbonyl (C=O) groups is 1. The first kappa shape index (κ1) is 13.9. The van der Waals surface area contributed by atoms with Gasteiger partial charge in [0, 0.05) is 11.1 Å². The molecule has 0 spiro atoms. The largest absolute Gasteiger partial charge is 0.487 e. The van der Waals surface area contributed by atoms with Gasteiger partial charge in [0.05, 0.1) is 0 Å². The van der Waals surface area contributed by atoms with E-state index in [1.54, 1.807) is 6.92 Å². The highest BCUT2D eigenvalue weighted by molar-refractivity contribution is 9.10. The van der Waals surface area contributed by atoms with Gasteiger partial charge in [0.2, 0.25) is 0 Å². The van der Waals surface area contributed by atoms with E-state index in [1.165, 1.54) is 18.2 Å². The van der Waals surface area contributed by atoms with Gasteiger partial charge in [0.15, 0.2) is 17.7 Å². The van der Waals surface area contributed by atoms with Gasteiger partial charge in [-0.25, -0.2) is 9.18 Å². The molecular weight excluding hydrogens is 295 g/mol. The van der Waals surface area contributed by atoms with E-state index in [2.05, 4.69) is 15.9 Å². The minimum absolute atomic E-state index is 0.00896. The molecule has 0 saturated heterocycles. The second kappa shape index (κ2) is 6.56. The van der Waals surface area contributed by atoms with Crippen LogP contribution in [-0.2, 0) is 9.53 Å². The molecule has 17 heavy (non-hydrogen) atoms. The van der Waals surface area contributed by atoms with Crippen LogP contribution >= 0.6 is 15.9 Å². The first-order valence-electron chi connectivity index (χ1n) is 4.96. The smallest absolute Gasteiger partial charge is 0.336 e. The molecule has 0 aliphatic heterocycles. The van der Waals surface area contributed by atoms with Crippen LogP contribution in [0.5, 0.6) is 5.75 Å². The number of benzene rings is 1. The molecule has 1 atom stereocenters. The molecule has 94 valence electrons. The molecule has 0 amide bonds. The zero-order chi connectivity index (χ0) is 12.8. The number of halogens is 2. The number of carboxylic acids is 1. The maximum absolute atomic E-state index is 13.3. The fraction of sp³-hybridized carbons (Fsp3) is 0.364. The van der Waals surface area contributed by atoms with E-state index in [4.69, 9.17) is 14.6 Å². The topological polar surface area (TPSA) is 55.8 Å². The lowest BCUT2D eigenvalue weighted by molar-refractivity contribution is -0.152. The van der Waals surface area contributed by atoms with Crippen molar-refractivity contribution in [2.24, 2.45) is 0 Å². The highest BCUT2D eigenvalue weighted by Crippen LogP contribution is 2.22. The molecule has 0 bridgehead atoms. The quantitative estimate of drug-likeness (QED) is 0.877. The van der Waals surface area contributed by atoms with Gasteiger partial charge >= 0.3 is 5.97 Å². The predicted octanol–water partition coefficient (Wildman–Crippen LogP) is 2.46. The zero-order valence-electron chi connectivity index (χ0n) is 9.15. The second-order valence-corrected chi connectivity index (χ2v) is 4.08. The van der Waals surface area contributed by atoms with Gasteiger partial charge < -0.3 is 14.6 Å². The van der Waals surface area contributed by atoms with Gasteiger partial charge in [0.1, 0.15) is 6.61 Å². The Morgan fingerprint density at radius 1 is 1.59 bits per heavy atom. The third-order valence-corrected chi connectivity index (χ3v) is 2.42. The van der Waals surface area contributed by atoms with Crippen LogP contribution < -0.4 is 4.74 Å². The van der Waals surface area contributed by atoms with Crippen LogP contribution in [0.3, 0.4) is 0 Å². The first-order chi connectivity index (χ1) is 8.04. The number of ether oxygens (including phenoxy) is 2. The molecule has 4 nitrogen and oxygen atoms in total. The molecule has 0 heterocycles. The summed E-state index contributed by atoms with van der Waals surface area (Å²) in [6.45, 7) is 1.69. The lowest BCUT2D eigenvalue weighted by Crippen LogP contribution is -2.30. The standard InChI is InChI=1S/C11H12BrFO4/c1-2-16-10(11(14)15)6-17-9-5-7(12)3-4-8(9)13/h3-5,10H,2,6H2,1H3,(H,14,15). The van der Waals surface area contributed by atoms with Gasteiger partial charge in [-0.05, 0) is 25.1 Å². The Balaban J connectivity index is 2.64. The van der Waals surface area contributed by atoms with Crippen molar-refractivity contribution in [2.75, 3.05) is 13.2 Å². The van der Waals surface area contributed by atoms with Crippen LogP contribution in [0.4, 0.5) is 4.39 Å². The molecular formula is C11H12BrFO4. The average molecular weight is 307 g/mol.